The fraction of sp³-hybridized carbons (Fsp3) is 0.500. The molecule has 1 aromatic heterocycles. The Morgan fingerprint density at radius 1 is 1.38 bits per heavy atom. The average molecular weight is 356 g/mol. The van der Waals surface area contributed by atoms with Gasteiger partial charge in [-0.3, -0.25) is 9.48 Å². The normalized spacial score (nSPS) is 23.8. The maximum absolute atomic E-state index is 12.7. The zero-order valence-corrected chi connectivity index (χ0v) is 14.6. The van der Waals surface area contributed by atoms with Crippen molar-refractivity contribution in [3.63, 3.8) is 0 Å². The molecule has 1 fully saturated rings. The van der Waals surface area contributed by atoms with Gasteiger partial charge in [0.15, 0.2) is 5.69 Å². The van der Waals surface area contributed by atoms with Gasteiger partial charge in [-0.2, -0.15) is 0 Å². The Morgan fingerprint density at radius 2 is 2.15 bits per heavy atom. The number of nitrogens with two attached hydrogens (primary N) is 1. The number of carbonyl (C=O) groups is 1. The van der Waals surface area contributed by atoms with Gasteiger partial charge >= 0.3 is 0 Å². The van der Waals surface area contributed by atoms with Crippen LogP contribution in [0.2, 0.25) is 0 Å². The summed E-state index contributed by atoms with van der Waals surface area (Å²) in [7, 11) is 0. The van der Waals surface area contributed by atoms with Crippen LogP contribution in [0.4, 0.5) is 0 Å². The Bertz CT molecular complexity index is 798. The average Bonchev–Trinajstić information content (AvgIpc) is 3.22. The summed E-state index contributed by atoms with van der Waals surface area (Å²) in [6.07, 6.45) is 2.62. The van der Waals surface area contributed by atoms with Crippen molar-refractivity contribution in [2.45, 2.75) is 36.9 Å². The summed E-state index contributed by atoms with van der Waals surface area (Å²) in [5.41, 5.74) is 7.56. The second kappa shape index (κ2) is 6.79. The number of aliphatic hydroxyl groups is 1. The fourth-order valence-electron chi connectivity index (χ4n) is 4.32. The lowest BCUT2D eigenvalue weighted by Gasteiger charge is -2.38. The van der Waals surface area contributed by atoms with E-state index in [1.165, 1.54) is 0 Å². The summed E-state index contributed by atoms with van der Waals surface area (Å²) in [4.78, 5) is 12.7. The van der Waals surface area contributed by atoms with E-state index in [4.69, 9.17) is 5.73 Å². The van der Waals surface area contributed by atoms with E-state index >= 15 is 0 Å². The summed E-state index contributed by atoms with van der Waals surface area (Å²) in [6.45, 7) is 2.65. The van der Waals surface area contributed by atoms with Crippen LogP contribution in [0.3, 0.4) is 0 Å². The van der Waals surface area contributed by atoms with E-state index in [9.17, 15) is 9.90 Å². The predicted molar refractivity (Wildman–Crippen MR) is 95.5 cm³/mol. The van der Waals surface area contributed by atoms with Crippen LogP contribution >= 0.6 is 0 Å². The van der Waals surface area contributed by atoms with Crippen LogP contribution in [0.5, 0.6) is 0 Å². The first-order chi connectivity index (χ1) is 12.7. The van der Waals surface area contributed by atoms with E-state index in [2.05, 4.69) is 27.0 Å². The first kappa shape index (κ1) is 17.1. The Balaban J connectivity index is 1.61. The van der Waals surface area contributed by atoms with Crippen LogP contribution in [0, 0.1) is 0 Å². The molecule has 1 spiro atoms. The number of carbonyl (C=O) groups excluding carboxylic acids is 1. The molecule has 1 aliphatic heterocycles. The van der Waals surface area contributed by atoms with Gasteiger partial charge in [0.05, 0.1) is 24.9 Å². The van der Waals surface area contributed by atoms with E-state index in [-0.39, 0.29) is 17.0 Å². The summed E-state index contributed by atoms with van der Waals surface area (Å²) in [5, 5.41) is 25.3. The molecule has 1 aliphatic carbocycles. The maximum atomic E-state index is 12.7. The van der Waals surface area contributed by atoms with E-state index < -0.39 is 12.1 Å². The highest BCUT2D eigenvalue weighted by Gasteiger charge is 2.52. The highest BCUT2D eigenvalue weighted by atomic mass is 16.3. The highest BCUT2D eigenvalue weighted by Crippen LogP contribution is 2.50. The van der Waals surface area contributed by atoms with Gasteiger partial charge in [0.25, 0.3) is 5.91 Å². The molecule has 138 valence electrons. The number of piperidine rings is 1. The Kier molecular flexibility index (Phi) is 4.47. The molecule has 0 radical (unpaired) electrons. The quantitative estimate of drug-likeness (QED) is 0.598. The van der Waals surface area contributed by atoms with Crippen molar-refractivity contribution in [3.05, 3.63) is 47.3 Å². The topological polar surface area (TPSA) is 118 Å². The molecule has 0 saturated carbocycles. The molecule has 0 unspecified atom stereocenters. The molecule has 1 saturated heterocycles. The Morgan fingerprint density at radius 3 is 2.92 bits per heavy atom. The molecule has 2 aliphatic rings. The number of fused-ring (bicyclic) bond motifs is 2. The number of hydrogen-bond acceptors (Lipinski definition) is 6. The van der Waals surface area contributed by atoms with Crippen LogP contribution in [0.1, 0.15) is 40.5 Å². The van der Waals surface area contributed by atoms with Crippen molar-refractivity contribution >= 4 is 5.91 Å². The molecule has 1 aromatic carbocycles. The molecule has 26 heavy (non-hydrogen) atoms. The summed E-state index contributed by atoms with van der Waals surface area (Å²) in [6, 6.07) is 7.57. The number of hydrogen-bond donors (Lipinski definition) is 4. The number of rotatable bonds is 4. The minimum atomic E-state index is -0.662. The minimum absolute atomic E-state index is 0.231. The lowest BCUT2D eigenvalue weighted by molar-refractivity contribution is 0.0417. The van der Waals surface area contributed by atoms with Crippen LogP contribution < -0.4 is 16.4 Å². The number of nitrogens with one attached hydrogen (secondary N) is 2. The molecule has 1 amide bonds. The molecule has 4 rings (SSSR count). The summed E-state index contributed by atoms with van der Waals surface area (Å²) < 4.78 is 1.54. The lowest BCUT2D eigenvalue weighted by Crippen LogP contribution is -2.48. The number of amides is 1. The number of benzene rings is 1. The smallest absolute Gasteiger partial charge is 0.274 e. The highest BCUT2D eigenvalue weighted by molar-refractivity contribution is 5.92. The largest absolute Gasteiger partial charge is 0.390 e. The number of aromatic nitrogens is 3. The number of nitrogens with zero attached hydrogens (tertiary/aromatic N) is 3. The van der Waals surface area contributed by atoms with E-state index in [0.717, 1.165) is 37.1 Å². The minimum Gasteiger partial charge on any atom is -0.390 e. The summed E-state index contributed by atoms with van der Waals surface area (Å²) in [5.74, 6) is -0.335. The van der Waals surface area contributed by atoms with Gasteiger partial charge in [-0.05, 0) is 37.1 Å². The molecule has 2 aromatic rings. The standard InChI is InChI=1S/C18H24N6O2/c19-7-10-24-11-14(22-23-24)17(26)21-15-12-3-1-2-4-13(12)18(16(15)25)5-8-20-9-6-18/h1-4,11,15-16,20,25H,5-10,19H2,(H,21,26)/t15-,16+/m1/s1. The fourth-order valence-corrected chi connectivity index (χ4v) is 4.32. The van der Waals surface area contributed by atoms with Gasteiger partial charge < -0.3 is 21.5 Å². The molecule has 5 N–H and O–H groups in total. The van der Waals surface area contributed by atoms with Gasteiger partial charge in [0.2, 0.25) is 0 Å². The monoisotopic (exact) mass is 356 g/mol. The third-order valence-electron chi connectivity index (χ3n) is 5.63. The number of aliphatic hydroxyl groups excluding tert-OH is 1. The third-order valence-corrected chi connectivity index (χ3v) is 5.63. The molecule has 8 heteroatoms. The predicted octanol–water partition coefficient (Wildman–Crippen LogP) is -0.296. The second-order valence-corrected chi connectivity index (χ2v) is 7.04. The van der Waals surface area contributed by atoms with Crippen molar-refractivity contribution in [1.82, 2.24) is 25.6 Å². The third kappa shape index (κ3) is 2.70. The van der Waals surface area contributed by atoms with E-state index in [0.29, 0.717) is 13.1 Å². The zero-order chi connectivity index (χ0) is 18.1. The molecule has 2 atom stereocenters. The lowest BCUT2D eigenvalue weighted by atomic mass is 9.72. The van der Waals surface area contributed by atoms with Crippen molar-refractivity contribution < 1.29 is 9.90 Å². The van der Waals surface area contributed by atoms with Crippen molar-refractivity contribution in [2.75, 3.05) is 19.6 Å². The molecule has 8 nitrogen and oxygen atoms in total. The van der Waals surface area contributed by atoms with Gasteiger partial charge in [-0.25, -0.2) is 0 Å². The molecular weight excluding hydrogens is 332 g/mol. The molecular formula is C18H24N6O2. The van der Waals surface area contributed by atoms with Crippen molar-refractivity contribution in [2.24, 2.45) is 5.73 Å². The van der Waals surface area contributed by atoms with Crippen LogP contribution in [0.15, 0.2) is 30.5 Å². The van der Waals surface area contributed by atoms with Crippen molar-refractivity contribution in [3.8, 4) is 0 Å². The molecule has 2 heterocycles. The molecule has 0 bridgehead atoms. The van der Waals surface area contributed by atoms with Crippen LogP contribution in [-0.4, -0.2) is 51.7 Å². The van der Waals surface area contributed by atoms with Crippen molar-refractivity contribution in [1.29, 1.82) is 0 Å². The second-order valence-electron chi connectivity index (χ2n) is 7.04. The van der Waals surface area contributed by atoms with Crippen LogP contribution in [-0.2, 0) is 12.0 Å². The zero-order valence-electron chi connectivity index (χ0n) is 14.6. The van der Waals surface area contributed by atoms with E-state index in [1.54, 1.807) is 10.9 Å². The first-order valence-electron chi connectivity index (χ1n) is 9.05. The summed E-state index contributed by atoms with van der Waals surface area (Å²) >= 11 is 0. The Labute approximate surface area is 151 Å². The van der Waals surface area contributed by atoms with Gasteiger partial charge in [-0.1, -0.05) is 29.5 Å². The van der Waals surface area contributed by atoms with Gasteiger partial charge in [-0.15, -0.1) is 5.10 Å². The van der Waals surface area contributed by atoms with Gasteiger partial charge in [0, 0.05) is 12.0 Å². The maximum Gasteiger partial charge on any atom is 0.274 e. The van der Waals surface area contributed by atoms with Crippen LogP contribution in [0.25, 0.3) is 0 Å². The Hall–Kier alpha value is -2.29. The van der Waals surface area contributed by atoms with Gasteiger partial charge in [0.1, 0.15) is 0 Å². The SMILES string of the molecule is NCCn1cc(C(=O)N[C@@H]2c3ccccc3C3(CCNCC3)[C@H]2O)nn1. The first-order valence-corrected chi connectivity index (χ1v) is 9.05. The van der Waals surface area contributed by atoms with E-state index in [1.807, 2.05) is 18.2 Å².